The van der Waals surface area contributed by atoms with Crippen molar-refractivity contribution in [3.8, 4) is 11.5 Å². The van der Waals surface area contributed by atoms with Crippen LogP contribution in [0.15, 0.2) is 48.7 Å². The van der Waals surface area contributed by atoms with Crippen LogP contribution in [0.1, 0.15) is 15.9 Å². The second-order valence-electron chi connectivity index (χ2n) is 4.89. The summed E-state index contributed by atoms with van der Waals surface area (Å²) in [6.45, 7) is 1.96. The second kappa shape index (κ2) is 7.70. The molecule has 5 heteroatoms. The minimum Gasteiger partial charge on any atom is -0.493 e. The minimum atomic E-state index is -0.151. The van der Waals surface area contributed by atoms with E-state index in [1.54, 1.807) is 31.5 Å². The lowest BCUT2D eigenvalue weighted by Crippen LogP contribution is -1.99. The van der Waals surface area contributed by atoms with Crippen molar-refractivity contribution in [2.45, 2.75) is 6.92 Å². The largest absolute Gasteiger partial charge is 0.493 e. The van der Waals surface area contributed by atoms with Gasteiger partial charge in [0.1, 0.15) is 0 Å². The van der Waals surface area contributed by atoms with E-state index >= 15 is 0 Å². The van der Waals surface area contributed by atoms with Crippen LogP contribution in [0.2, 0.25) is 5.02 Å². The lowest BCUT2D eigenvalue weighted by Gasteiger charge is -2.08. The zero-order valence-corrected chi connectivity index (χ0v) is 14.0. The van der Waals surface area contributed by atoms with E-state index in [0.29, 0.717) is 22.1 Å². The molecule has 0 atom stereocenters. The summed E-state index contributed by atoms with van der Waals surface area (Å²) < 4.78 is 10.3. The fourth-order valence-corrected chi connectivity index (χ4v) is 2.32. The lowest BCUT2D eigenvalue weighted by molar-refractivity contribution is 0.104. The van der Waals surface area contributed by atoms with E-state index in [2.05, 4.69) is 5.32 Å². The van der Waals surface area contributed by atoms with Gasteiger partial charge in [-0.3, -0.25) is 4.79 Å². The summed E-state index contributed by atoms with van der Waals surface area (Å²) in [5.74, 6) is 0.945. The maximum atomic E-state index is 12.2. The van der Waals surface area contributed by atoms with Crippen LogP contribution < -0.4 is 14.8 Å². The number of methoxy groups -OCH3 is 2. The number of halogens is 1. The highest BCUT2D eigenvalue weighted by Gasteiger charge is 2.08. The number of allylic oxidation sites excluding steroid dienone is 1. The van der Waals surface area contributed by atoms with Gasteiger partial charge in [0.05, 0.1) is 24.9 Å². The molecule has 0 heterocycles. The summed E-state index contributed by atoms with van der Waals surface area (Å²) in [7, 11) is 3.08. The SMILES string of the molecule is COc1ccc(C(=O)/C=C/Nc2ccc(C)cc2Cl)cc1OC. The van der Waals surface area contributed by atoms with Gasteiger partial charge < -0.3 is 14.8 Å². The topological polar surface area (TPSA) is 47.6 Å². The molecule has 0 unspecified atom stereocenters. The number of rotatable bonds is 6. The molecule has 0 aliphatic rings. The van der Waals surface area contributed by atoms with E-state index in [9.17, 15) is 4.79 Å². The van der Waals surface area contributed by atoms with Crippen LogP contribution in [0.3, 0.4) is 0 Å². The molecular weight excluding hydrogens is 314 g/mol. The standard InChI is InChI=1S/C18H18ClNO3/c1-12-4-6-15(14(19)10-12)20-9-8-16(21)13-5-7-17(22-2)18(11-13)23-3/h4-11,20H,1-3H3/b9-8+. The van der Waals surface area contributed by atoms with Crippen molar-refractivity contribution in [1.82, 2.24) is 0 Å². The van der Waals surface area contributed by atoms with Gasteiger partial charge in [0.25, 0.3) is 0 Å². The van der Waals surface area contributed by atoms with Crippen molar-refractivity contribution in [3.63, 3.8) is 0 Å². The van der Waals surface area contributed by atoms with Crippen molar-refractivity contribution in [2.24, 2.45) is 0 Å². The smallest absolute Gasteiger partial charge is 0.187 e. The van der Waals surface area contributed by atoms with Crippen LogP contribution in [0.4, 0.5) is 5.69 Å². The Balaban J connectivity index is 2.09. The van der Waals surface area contributed by atoms with Gasteiger partial charge in [-0.15, -0.1) is 0 Å². The van der Waals surface area contributed by atoms with Crippen molar-refractivity contribution in [2.75, 3.05) is 19.5 Å². The van der Waals surface area contributed by atoms with Gasteiger partial charge in [-0.05, 0) is 42.8 Å². The van der Waals surface area contributed by atoms with Gasteiger partial charge in [0, 0.05) is 17.8 Å². The molecule has 0 radical (unpaired) electrons. The highest BCUT2D eigenvalue weighted by atomic mass is 35.5. The Morgan fingerprint density at radius 2 is 1.83 bits per heavy atom. The molecule has 0 saturated carbocycles. The maximum absolute atomic E-state index is 12.2. The normalized spacial score (nSPS) is 10.6. The Bertz CT molecular complexity index is 741. The Morgan fingerprint density at radius 1 is 1.09 bits per heavy atom. The van der Waals surface area contributed by atoms with Gasteiger partial charge in [0.15, 0.2) is 17.3 Å². The number of carbonyl (C=O) groups is 1. The minimum absolute atomic E-state index is 0.151. The number of carbonyl (C=O) groups excluding carboxylic acids is 1. The van der Waals surface area contributed by atoms with Crippen LogP contribution in [0.25, 0.3) is 0 Å². The third-order valence-corrected chi connectivity index (χ3v) is 3.58. The maximum Gasteiger partial charge on any atom is 0.187 e. The Hall–Kier alpha value is -2.46. The van der Waals surface area contributed by atoms with Crippen molar-refractivity contribution in [3.05, 3.63) is 64.8 Å². The average Bonchev–Trinajstić information content (AvgIpc) is 2.56. The number of aryl methyl sites for hydroxylation is 1. The Morgan fingerprint density at radius 3 is 2.48 bits per heavy atom. The predicted octanol–water partition coefficient (Wildman–Crippen LogP) is 4.47. The molecule has 0 amide bonds. The molecule has 120 valence electrons. The van der Waals surface area contributed by atoms with Crippen molar-refractivity contribution >= 4 is 23.1 Å². The molecule has 0 fully saturated rings. The van der Waals surface area contributed by atoms with Gasteiger partial charge in [0.2, 0.25) is 0 Å². The number of nitrogens with one attached hydrogen (secondary N) is 1. The number of benzene rings is 2. The average molecular weight is 332 g/mol. The zero-order valence-electron chi connectivity index (χ0n) is 13.2. The van der Waals surface area contributed by atoms with Gasteiger partial charge in [-0.2, -0.15) is 0 Å². The molecule has 0 saturated heterocycles. The summed E-state index contributed by atoms with van der Waals surface area (Å²) in [5.41, 5.74) is 2.33. The van der Waals surface area contributed by atoms with Crippen molar-refractivity contribution in [1.29, 1.82) is 0 Å². The molecular formula is C18H18ClNO3. The van der Waals surface area contributed by atoms with Crippen LogP contribution in [-0.2, 0) is 0 Å². The first-order valence-corrected chi connectivity index (χ1v) is 7.38. The summed E-state index contributed by atoms with van der Waals surface area (Å²) in [5, 5.41) is 3.61. The van der Waals surface area contributed by atoms with Crippen LogP contribution in [0, 0.1) is 6.92 Å². The third-order valence-electron chi connectivity index (χ3n) is 3.27. The zero-order chi connectivity index (χ0) is 16.8. The monoisotopic (exact) mass is 331 g/mol. The second-order valence-corrected chi connectivity index (χ2v) is 5.30. The number of hydrogen-bond acceptors (Lipinski definition) is 4. The highest BCUT2D eigenvalue weighted by Crippen LogP contribution is 2.28. The molecule has 4 nitrogen and oxygen atoms in total. The molecule has 1 N–H and O–H groups in total. The molecule has 2 aromatic carbocycles. The Kier molecular flexibility index (Phi) is 5.66. The molecule has 23 heavy (non-hydrogen) atoms. The van der Waals surface area contributed by atoms with Crippen LogP contribution >= 0.6 is 11.6 Å². The van der Waals surface area contributed by atoms with E-state index in [4.69, 9.17) is 21.1 Å². The number of anilines is 1. The summed E-state index contributed by atoms with van der Waals surface area (Å²) in [6.07, 6.45) is 3.01. The summed E-state index contributed by atoms with van der Waals surface area (Å²) >= 11 is 6.12. The van der Waals surface area contributed by atoms with E-state index < -0.39 is 0 Å². The first-order valence-electron chi connectivity index (χ1n) is 7.00. The van der Waals surface area contributed by atoms with Crippen molar-refractivity contribution < 1.29 is 14.3 Å². The number of ether oxygens (including phenoxy) is 2. The fraction of sp³-hybridized carbons (Fsp3) is 0.167. The van der Waals surface area contributed by atoms with Crippen LogP contribution in [0.5, 0.6) is 11.5 Å². The third kappa shape index (κ3) is 4.27. The van der Waals surface area contributed by atoms with E-state index in [-0.39, 0.29) is 5.78 Å². The summed E-state index contributed by atoms with van der Waals surface area (Å²) in [6, 6.07) is 10.7. The molecule has 0 aromatic heterocycles. The van der Waals surface area contributed by atoms with Gasteiger partial charge >= 0.3 is 0 Å². The fourth-order valence-electron chi connectivity index (χ4n) is 2.03. The molecule has 0 aliphatic heterocycles. The lowest BCUT2D eigenvalue weighted by atomic mass is 10.1. The van der Waals surface area contributed by atoms with E-state index in [1.165, 1.54) is 13.2 Å². The molecule has 2 aromatic rings. The van der Waals surface area contributed by atoms with Gasteiger partial charge in [-0.25, -0.2) is 0 Å². The molecule has 0 aliphatic carbocycles. The summed E-state index contributed by atoms with van der Waals surface area (Å²) in [4.78, 5) is 12.2. The van der Waals surface area contributed by atoms with E-state index in [1.807, 2.05) is 25.1 Å². The quantitative estimate of drug-likeness (QED) is 0.626. The van der Waals surface area contributed by atoms with E-state index in [0.717, 1.165) is 11.3 Å². The molecule has 0 spiro atoms. The van der Waals surface area contributed by atoms with Gasteiger partial charge in [-0.1, -0.05) is 17.7 Å². The number of ketones is 1. The number of hydrogen-bond donors (Lipinski definition) is 1. The predicted molar refractivity (Wildman–Crippen MR) is 92.8 cm³/mol. The first kappa shape index (κ1) is 16.9. The molecule has 0 bridgehead atoms. The Labute approximate surface area is 140 Å². The van der Waals surface area contributed by atoms with Crippen LogP contribution in [-0.4, -0.2) is 20.0 Å². The molecule has 2 rings (SSSR count). The highest BCUT2D eigenvalue weighted by molar-refractivity contribution is 6.33. The first-order chi connectivity index (χ1) is 11.0.